The van der Waals surface area contributed by atoms with Crippen molar-refractivity contribution in [2.75, 3.05) is 26.0 Å². The van der Waals surface area contributed by atoms with Crippen LogP contribution in [0.5, 0.6) is 5.75 Å². The number of rotatable bonds is 9. The molecule has 148 valence electrons. The Hall–Kier alpha value is -3.14. The summed E-state index contributed by atoms with van der Waals surface area (Å²) in [6, 6.07) is 9.39. The first-order valence-corrected chi connectivity index (χ1v) is 9.10. The van der Waals surface area contributed by atoms with Crippen LogP contribution in [-0.2, 0) is 4.79 Å². The van der Waals surface area contributed by atoms with Gasteiger partial charge in [-0.2, -0.15) is 0 Å². The zero-order valence-corrected chi connectivity index (χ0v) is 15.8. The summed E-state index contributed by atoms with van der Waals surface area (Å²) in [5.41, 5.74) is 4.88. The van der Waals surface area contributed by atoms with Crippen molar-refractivity contribution in [1.82, 2.24) is 4.90 Å². The lowest BCUT2D eigenvalue weighted by Crippen LogP contribution is -2.32. The number of thioether (sulfide) groups is 1. The number of carbonyl (C=O) groups excluding carboxylic acids is 2. The summed E-state index contributed by atoms with van der Waals surface area (Å²) in [7, 11) is 1.58. The van der Waals surface area contributed by atoms with Crippen molar-refractivity contribution in [3.8, 4) is 5.75 Å². The molecule has 0 fully saturated rings. The highest BCUT2D eigenvalue weighted by molar-refractivity contribution is 8.00. The van der Waals surface area contributed by atoms with Gasteiger partial charge in [0.15, 0.2) is 0 Å². The molecule has 2 N–H and O–H groups in total. The van der Waals surface area contributed by atoms with Gasteiger partial charge in [-0.25, -0.2) is 4.39 Å². The van der Waals surface area contributed by atoms with Gasteiger partial charge >= 0.3 is 0 Å². The zero-order chi connectivity index (χ0) is 20.7. The van der Waals surface area contributed by atoms with E-state index in [1.807, 2.05) is 0 Å². The Morgan fingerprint density at radius 3 is 2.54 bits per heavy atom. The van der Waals surface area contributed by atoms with Crippen molar-refractivity contribution in [2.45, 2.75) is 4.90 Å². The normalized spacial score (nSPS) is 10.4. The molecule has 10 heteroatoms. The molecule has 0 unspecified atom stereocenters. The van der Waals surface area contributed by atoms with Crippen molar-refractivity contribution >= 4 is 29.3 Å². The number of primary amides is 1. The third-order valence-electron chi connectivity index (χ3n) is 3.73. The molecule has 2 aromatic carbocycles. The van der Waals surface area contributed by atoms with Gasteiger partial charge in [0.05, 0.1) is 22.1 Å². The van der Waals surface area contributed by atoms with E-state index in [0.29, 0.717) is 12.3 Å². The molecular weight excluding hydrogens is 389 g/mol. The highest BCUT2D eigenvalue weighted by Crippen LogP contribution is 2.30. The second-order valence-electron chi connectivity index (χ2n) is 5.71. The molecule has 8 nitrogen and oxygen atoms in total. The van der Waals surface area contributed by atoms with Gasteiger partial charge < -0.3 is 15.4 Å². The first-order chi connectivity index (χ1) is 13.3. The molecule has 0 aliphatic rings. The van der Waals surface area contributed by atoms with Gasteiger partial charge in [-0.05, 0) is 36.4 Å². The van der Waals surface area contributed by atoms with Crippen LogP contribution < -0.4 is 10.5 Å². The van der Waals surface area contributed by atoms with Crippen LogP contribution in [0.1, 0.15) is 10.4 Å². The number of ether oxygens (including phenoxy) is 1. The molecule has 0 atom stereocenters. The summed E-state index contributed by atoms with van der Waals surface area (Å²) < 4.78 is 18.3. The van der Waals surface area contributed by atoms with Crippen LogP contribution in [0.2, 0.25) is 0 Å². The number of nitrogens with zero attached hydrogens (tertiary/aromatic N) is 2. The average molecular weight is 407 g/mol. The maximum atomic E-state index is 12.8. The number of carbonyl (C=O) groups is 2. The van der Waals surface area contributed by atoms with Crippen LogP contribution in [-0.4, -0.2) is 47.6 Å². The van der Waals surface area contributed by atoms with E-state index in [2.05, 4.69) is 0 Å². The van der Waals surface area contributed by atoms with Crippen LogP contribution in [0.3, 0.4) is 0 Å². The minimum absolute atomic E-state index is 0.0240. The second-order valence-corrected chi connectivity index (χ2v) is 6.73. The van der Waals surface area contributed by atoms with Gasteiger partial charge in [0, 0.05) is 18.7 Å². The third-order valence-corrected chi connectivity index (χ3v) is 4.77. The van der Waals surface area contributed by atoms with Crippen LogP contribution in [0.25, 0.3) is 0 Å². The zero-order valence-electron chi connectivity index (χ0n) is 15.0. The third kappa shape index (κ3) is 5.95. The van der Waals surface area contributed by atoms with Crippen molar-refractivity contribution in [2.24, 2.45) is 5.73 Å². The number of benzene rings is 2. The Kier molecular flexibility index (Phi) is 7.33. The fourth-order valence-electron chi connectivity index (χ4n) is 2.14. The molecule has 0 saturated carbocycles. The van der Waals surface area contributed by atoms with Crippen LogP contribution in [0, 0.1) is 15.9 Å². The topological polar surface area (TPSA) is 116 Å². The van der Waals surface area contributed by atoms with Crippen molar-refractivity contribution in [1.29, 1.82) is 0 Å². The number of nitro benzene ring substituents is 1. The van der Waals surface area contributed by atoms with Gasteiger partial charge in [-0.15, -0.1) is 11.8 Å². The molecule has 0 aliphatic heterocycles. The largest absolute Gasteiger partial charge is 0.492 e. The quantitative estimate of drug-likeness (QED) is 0.388. The molecule has 0 aromatic heterocycles. The van der Waals surface area contributed by atoms with Crippen molar-refractivity contribution in [3.05, 3.63) is 64.0 Å². The lowest BCUT2D eigenvalue weighted by molar-refractivity contribution is -0.387. The lowest BCUT2D eigenvalue weighted by atomic mass is 10.2. The second kappa shape index (κ2) is 9.70. The fraction of sp³-hybridized carbons (Fsp3) is 0.222. The lowest BCUT2D eigenvalue weighted by Gasteiger charge is -2.17. The van der Waals surface area contributed by atoms with Crippen molar-refractivity contribution in [3.63, 3.8) is 0 Å². The fourth-order valence-corrected chi connectivity index (χ4v) is 3.09. The summed E-state index contributed by atoms with van der Waals surface area (Å²) in [6.07, 6.45) is 0. The minimum atomic E-state index is -0.767. The molecule has 0 radical (unpaired) electrons. The molecule has 0 saturated heterocycles. The SMILES string of the molecule is CN(CCOc1ccc(F)cc1)C(=O)CSc1ccc(C(N)=O)cc1[N+](=O)[O-]. The Morgan fingerprint density at radius 1 is 1.25 bits per heavy atom. The molecule has 0 heterocycles. The number of hydrogen-bond acceptors (Lipinski definition) is 6. The van der Waals surface area contributed by atoms with E-state index in [1.54, 1.807) is 7.05 Å². The van der Waals surface area contributed by atoms with Gasteiger partial charge in [0.1, 0.15) is 18.2 Å². The molecule has 2 amide bonds. The molecule has 2 rings (SSSR count). The van der Waals surface area contributed by atoms with Crippen LogP contribution >= 0.6 is 11.8 Å². The Labute approximate surface area is 164 Å². The summed E-state index contributed by atoms with van der Waals surface area (Å²) in [5.74, 6) is -0.918. The number of hydrogen-bond donors (Lipinski definition) is 1. The predicted molar refractivity (Wildman–Crippen MR) is 102 cm³/mol. The summed E-state index contributed by atoms with van der Waals surface area (Å²) >= 11 is 0.996. The van der Waals surface area contributed by atoms with Crippen LogP contribution in [0.15, 0.2) is 47.4 Å². The van der Waals surface area contributed by atoms with Crippen LogP contribution in [0.4, 0.5) is 10.1 Å². The van der Waals surface area contributed by atoms with E-state index < -0.39 is 10.8 Å². The predicted octanol–water partition coefficient (Wildman–Crippen LogP) is 2.46. The first-order valence-electron chi connectivity index (χ1n) is 8.11. The summed E-state index contributed by atoms with van der Waals surface area (Å²) in [4.78, 5) is 35.6. The molecule has 0 spiro atoms. The molecule has 0 aliphatic carbocycles. The maximum absolute atomic E-state index is 12.8. The van der Waals surface area contributed by atoms with E-state index in [-0.39, 0.29) is 40.2 Å². The monoisotopic (exact) mass is 407 g/mol. The standard InChI is InChI=1S/C18H18FN3O5S/c1-21(8-9-27-14-5-3-13(19)4-6-14)17(23)11-28-16-7-2-12(18(20)24)10-15(16)22(25)26/h2-7,10H,8-9,11H2,1H3,(H2,20,24). The van der Waals surface area contributed by atoms with E-state index in [1.165, 1.54) is 41.3 Å². The van der Waals surface area contributed by atoms with Gasteiger partial charge in [-0.1, -0.05) is 0 Å². The number of nitro groups is 1. The molecule has 0 bridgehead atoms. The number of nitrogens with two attached hydrogens (primary N) is 1. The van der Waals surface area contributed by atoms with Gasteiger partial charge in [0.25, 0.3) is 5.69 Å². The van der Waals surface area contributed by atoms with E-state index in [0.717, 1.165) is 17.8 Å². The van der Waals surface area contributed by atoms with Crippen molar-refractivity contribution < 1.29 is 23.6 Å². The highest BCUT2D eigenvalue weighted by Gasteiger charge is 2.19. The Morgan fingerprint density at radius 2 is 1.93 bits per heavy atom. The number of amides is 2. The molecule has 28 heavy (non-hydrogen) atoms. The van der Waals surface area contributed by atoms with E-state index in [4.69, 9.17) is 10.5 Å². The van der Waals surface area contributed by atoms with Gasteiger partial charge in [0.2, 0.25) is 11.8 Å². The van der Waals surface area contributed by atoms with Gasteiger partial charge in [-0.3, -0.25) is 19.7 Å². The van der Waals surface area contributed by atoms with E-state index in [9.17, 15) is 24.1 Å². The van der Waals surface area contributed by atoms with E-state index >= 15 is 0 Å². The average Bonchev–Trinajstić information content (AvgIpc) is 2.67. The first kappa shape index (κ1) is 21.2. The smallest absolute Gasteiger partial charge is 0.283 e. The number of halogens is 1. The Balaban J connectivity index is 1.87. The molecular formula is C18H18FN3O5S. The Bertz CT molecular complexity index is 876. The number of likely N-dealkylation sites (N-methyl/N-ethyl adjacent to an activating group) is 1. The molecule has 2 aromatic rings. The minimum Gasteiger partial charge on any atom is -0.492 e. The summed E-state index contributed by atoms with van der Waals surface area (Å²) in [5, 5.41) is 11.2. The summed E-state index contributed by atoms with van der Waals surface area (Å²) in [6.45, 7) is 0.505. The highest BCUT2D eigenvalue weighted by atomic mass is 32.2. The maximum Gasteiger partial charge on any atom is 0.283 e.